The number of benzene rings is 1. The van der Waals surface area contributed by atoms with Gasteiger partial charge in [0.05, 0.1) is 25.0 Å². The maximum atomic E-state index is 13.9. The van der Waals surface area contributed by atoms with Crippen LogP contribution in [0.1, 0.15) is 24.8 Å². The van der Waals surface area contributed by atoms with Gasteiger partial charge in [-0.1, -0.05) is 12.1 Å². The second kappa shape index (κ2) is 7.67. The van der Waals surface area contributed by atoms with Crippen molar-refractivity contribution in [1.82, 2.24) is 14.7 Å². The Labute approximate surface area is 158 Å². The van der Waals surface area contributed by atoms with Gasteiger partial charge in [0.25, 0.3) is 0 Å². The van der Waals surface area contributed by atoms with Crippen LogP contribution in [0.2, 0.25) is 0 Å². The molecule has 1 aromatic heterocycles. The Bertz CT molecular complexity index is 773. The van der Waals surface area contributed by atoms with Crippen molar-refractivity contribution in [3.63, 3.8) is 0 Å². The molecule has 0 bridgehead atoms. The summed E-state index contributed by atoms with van der Waals surface area (Å²) in [5.74, 6) is -0.283. The molecule has 1 aliphatic heterocycles. The third kappa shape index (κ3) is 3.52. The number of nitrogens with two attached hydrogens (primary N) is 1. The molecular formula is C20H27FN4O2. The van der Waals surface area contributed by atoms with E-state index in [1.807, 2.05) is 6.20 Å². The molecule has 0 amide bonds. The summed E-state index contributed by atoms with van der Waals surface area (Å²) in [5.41, 5.74) is 6.95. The number of aliphatic hydroxyl groups is 1. The predicted octanol–water partition coefficient (Wildman–Crippen LogP) is 1.70. The van der Waals surface area contributed by atoms with Crippen molar-refractivity contribution in [2.75, 3.05) is 26.2 Å². The molecule has 146 valence electrons. The first-order valence-electron chi connectivity index (χ1n) is 9.63. The number of nitrogens with zero attached hydrogens (tertiary/aromatic N) is 3. The van der Waals surface area contributed by atoms with Crippen LogP contribution in [-0.4, -0.2) is 58.2 Å². The van der Waals surface area contributed by atoms with Crippen LogP contribution in [0.25, 0.3) is 5.69 Å². The van der Waals surface area contributed by atoms with E-state index in [-0.39, 0.29) is 23.4 Å². The first-order chi connectivity index (χ1) is 13.1. The molecule has 2 aromatic rings. The summed E-state index contributed by atoms with van der Waals surface area (Å²) >= 11 is 0. The standard InChI is InChI=1S/C20H27FN4O2/c21-16-3-1-2-4-17(16)25-14-15(12-23-25)13-24-8-5-20(6-9-24)18(26)11-19(20)27-10-7-22/h1-4,12,14,18-19,26H,5-11,13,22H2/t18-,19+/m1/s1. The second-order valence-corrected chi connectivity index (χ2v) is 7.65. The zero-order valence-corrected chi connectivity index (χ0v) is 15.4. The van der Waals surface area contributed by atoms with Gasteiger partial charge in [0.1, 0.15) is 11.5 Å². The smallest absolute Gasteiger partial charge is 0.148 e. The normalized spacial score (nSPS) is 24.9. The summed E-state index contributed by atoms with van der Waals surface area (Å²) in [5, 5.41) is 14.7. The van der Waals surface area contributed by atoms with Crippen molar-refractivity contribution >= 4 is 0 Å². The minimum absolute atomic E-state index is 0.108. The number of hydrogen-bond acceptors (Lipinski definition) is 5. The summed E-state index contributed by atoms with van der Waals surface area (Å²) in [4.78, 5) is 2.36. The lowest BCUT2D eigenvalue weighted by molar-refractivity contribution is -0.210. The van der Waals surface area contributed by atoms with Gasteiger partial charge in [0, 0.05) is 36.7 Å². The zero-order valence-electron chi connectivity index (χ0n) is 15.4. The lowest BCUT2D eigenvalue weighted by Gasteiger charge is -2.56. The minimum atomic E-state index is -0.283. The highest BCUT2D eigenvalue weighted by Gasteiger charge is 2.55. The fraction of sp³-hybridized carbons (Fsp3) is 0.550. The number of piperidine rings is 1. The summed E-state index contributed by atoms with van der Waals surface area (Å²) in [6.45, 7) is 3.66. The van der Waals surface area contributed by atoms with Gasteiger partial charge in [-0.15, -0.1) is 0 Å². The van der Waals surface area contributed by atoms with Crippen LogP contribution in [0.3, 0.4) is 0 Å². The first kappa shape index (κ1) is 18.6. The molecule has 1 aliphatic carbocycles. The molecule has 7 heteroatoms. The quantitative estimate of drug-likeness (QED) is 0.805. The number of hydrogen-bond donors (Lipinski definition) is 2. The topological polar surface area (TPSA) is 76.5 Å². The van der Waals surface area contributed by atoms with E-state index in [0.717, 1.165) is 44.5 Å². The highest BCUT2D eigenvalue weighted by molar-refractivity contribution is 5.32. The zero-order chi connectivity index (χ0) is 18.9. The molecular weight excluding hydrogens is 347 g/mol. The first-order valence-corrected chi connectivity index (χ1v) is 9.63. The molecule has 6 nitrogen and oxygen atoms in total. The molecule has 4 rings (SSSR count). The Morgan fingerprint density at radius 2 is 2.07 bits per heavy atom. The van der Waals surface area contributed by atoms with Crippen LogP contribution < -0.4 is 5.73 Å². The maximum absolute atomic E-state index is 13.9. The molecule has 1 saturated heterocycles. The number of halogens is 1. The van der Waals surface area contributed by atoms with E-state index in [4.69, 9.17) is 10.5 Å². The van der Waals surface area contributed by atoms with Gasteiger partial charge < -0.3 is 15.6 Å². The number of rotatable bonds is 6. The van der Waals surface area contributed by atoms with E-state index < -0.39 is 0 Å². The van der Waals surface area contributed by atoms with E-state index >= 15 is 0 Å². The van der Waals surface area contributed by atoms with Crippen LogP contribution in [0.15, 0.2) is 36.7 Å². The van der Waals surface area contributed by atoms with Crippen molar-refractivity contribution in [2.45, 2.75) is 38.0 Å². The molecule has 2 atom stereocenters. The van der Waals surface area contributed by atoms with Crippen molar-refractivity contribution in [2.24, 2.45) is 11.1 Å². The lowest BCUT2D eigenvalue weighted by atomic mass is 9.58. The number of ether oxygens (including phenoxy) is 1. The maximum Gasteiger partial charge on any atom is 0.148 e. The van der Waals surface area contributed by atoms with Gasteiger partial charge in [-0.3, -0.25) is 4.90 Å². The molecule has 0 unspecified atom stereocenters. The van der Waals surface area contributed by atoms with Crippen LogP contribution in [0.5, 0.6) is 0 Å². The molecule has 1 aromatic carbocycles. The summed E-state index contributed by atoms with van der Waals surface area (Å²) < 4.78 is 21.4. The SMILES string of the molecule is NCCO[C@H]1C[C@@H](O)C12CCN(Cc1cnn(-c3ccccc3F)c1)CC2. The Hall–Kier alpha value is -1.80. The summed E-state index contributed by atoms with van der Waals surface area (Å²) in [6, 6.07) is 6.63. The van der Waals surface area contributed by atoms with Crippen molar-refractivity contribution in [3.8, 4) is 5.69 Å². The van der Waals surface area contributed by atoms with Gasteiger partial charge >= 0.3 is 0 Å². The Morgan fingerprint density at radius 3 is 2.78 bits per heavy atom. The van der Waals surface area contributed by atoms with E-state index in [0.29, 0.717) is 18.8 Å². The van der Waals surface area contributed by atoms with E-state index in [9.17, 15) is 9.50 Å². The van der Waals surface area contributed by atoms with Gasteiger partial charge in [-0.2, -0.15) is 5.10 Å². The van der Waals surface area contributed by atoms with E-state index in [1.165, 1.54) is 6.07 Å². The molecule has 3 N–H and O–H groups in total. The van der Waals surface area contributed by atoms with Gasteiger partial charge in [-0.25, -0.2) is 9.07 Å². The van der Waals surface area contributed by atoms with Gasteiger partial charge in [0.15, 0.2) is 0 Å². The third-order valence-electron chi connectivity index (χ3n) is 6.11. The number of para-hydroxylation sites is 1. The predicted molar refractivity (Wildman–Crippen MR) is 99.9 cm³/mol. The fourth-order valence-corrected chi connectivity index (χ4v) is 4.42. The average molecular weight is 374 g/mol. The Morgan fingerprint density at radius 1 is 1.30 bits per heavy atom. The molecule has 1 saturated carbocycles. The van der Waals surface area contributed by atoms with Crippen LogP contribution in [-0.2, 0) is 11.3 Å². The summed E-state index contributed by atoms with van der Waals surface area (Å²) in [6.07, 6.45) is 6.09. The van der Waals surface area contributed by atoms with Crippen molar-refractivity contribution in [1.29, 1.82) is 0 Å². The molecule has 1 spiro atoms. The lowest BCUT2D eigenvalue weighted by Crippen LogP contribution is -2.62. The van der Waals surface area contributed by atoms with Crippen molar-refractivity contribution < 1.29 is 14.2 Å². The minimum Gasteiger partial charge on any atom is -0.392 e. The Kier molecular flexibility index (Phi) is 5.27. The second-order valence-electron chi connectivity index (χ2n) is 7.65. The highest BCUT2D eigenvalue weighted by atomic mass is 19.1. The number of aliphatic hydroxyl groups excluding tert-OH is 1. The van der Waals surface area contributed by atoms with E-state index in [2.05, 4.69) is 10.00 Å². The van der Waals surface area contributed by atoms with Gasteiger partial charge in [0.2, 0.25) is 0 Å². The molecule has 2 heterocycles. The highest BCUT2D eigenvalue weighted by Crippen LogP contribution is 2.51. The van der Waals surface area contributed by atoms with Crippen molar-refractivity contribution in [3.05, 3.63) is 48.0 Å². The third-order valence-corrected chi connectivity index (χ3v) is 6.11. The summed E-state index contributed by atoms with van der Waals surface area (Å²) in [7, 11) is 0. The largest absolute Gasteiger partial charge is 0.392 e. The number of aromatic nitrogens is 2. The Balaban J connectivity index is 1.35. The molecule has 2 aliphatic rings. The number of likely N-dealkylation sites (tertiary alicyclic amines) is 1. The average Bonchev–Trinajstić information content (AvgIpc) is 3.14. The molecule has 0 radical (unpaired) electrons. The molecule has 27 heavy (non-hydrogen) atoms. The van der Waals surface area contributed by atoms with Crippen LogP contribution in [0, 0.1) is 11.2 Å². The fourth-order valence-electron chi connectivity index (χ4n) is 4.42. The van der Waals surface area contributed by atoms with Crippen LogP contribution >= 0.6 is 0 Å². The van der Waals surface area contributed by atoms with Gasteiger partial charge in [-0.05, 0) is 38.1 Å². The molecule has 2 fully saturated rings. The van der Waals surface area contributed by atoms with E-state index in [1.54, 1.807) is 29.1 Å². The van der Waals surface area contributed by atoms with Crippen LogP contribution in [0.4, 0.5) is 4.39 Å². The monoisotopic (exact) mass is 374 g/mol.